The lowest BCUT2D eigenvalue weighted by molar-refractivity contribution is -0.158. The number of halogens is 5. The molecule has 0 radical (unpaired) electrons. The van der Waals surface area contributed by atoms with Crippen molar-refractivity contribution in [2.45, 2.75) is 32.1 Å². The fourth-order valence-corrected chi connectivity index (χ4v) is 3.60. The summed E-state index contributed by atoms with van der Waals surface area (Å²) in [6.07, 6.45) is 0.797. The Balaban J connectivity index is 1.66. The lowest BCUT2D eigenvalue weighted by Crippen LogP contribution is -2.42. The molecule has 3 aromatic rings. The number of aromatic nitrogens is 3. The number of hydrogen-bond acceptors (Lipinski definition) is 6. The van der Waals surface area contributed by atoms with Crippen LogP contribution in [0.3, 0.4) is 0 Å². The number of amides is 1. The molecule has 1 unspecified atom stereocenters. The third kappa shape index (κ3) is 5.80. The van der Waals surface area contributed by atoms with Gasteiger partial charge < -0.3 is 15.6 Å². The van der Waals surface area contributed by atoms with E-state index < -0.39 is 35.8 Å². The van der Waals surface area contributed by atoms with Crippen molar-refractivity contribution in [3.63, 3.8) is 0 Å². The summed E-state index contributed by atoms with van der Waals surface area (Å²) < 4.78 is 66.8. The van der Waals surface area contributed by atoms with Gasteiger partial charge >= 0.3 is 6.18 Å². The van der Waals surface area contributed by atoms with Gasteiger partial charge in [-0.2, -0.15) is 13.2 Å². The molecule has 4 rings (SSSR count). The largest absolute Gasteiger partial charge is 0.758 e. The van der Waals surface area contributed by atoms with Gasteiger partial charge in [0.2, 0.25) is 0 Å². The Kier molecular flexibility index (Phi) is 7.03. The third-order valence-electron chi connectivity index (χ3n) is 5.58. The molecule has 0 aliphatic carbocycles. The van der Waals surface area contributed by atoms with Gasteiger partial charge in [-0.3, -0.25) is 4.79 Å². The Morgan fingerprint density at radius 3 is 2.41 bits per heavy atom. The Hall–Kier alpha value is -4.19. The van der Waals surface area contributed by atoms with Crippen molar-refractivity contribution in [3.05, 3.63) is 94.9 Å². The van der Waals surface area contributed by atoms with Gasteiger partial charge in [-0.15, -0.1) is 0 Å². The highest BCUT2D eigenvalue weighted by Crippen LogP contribution is 2.30. The summed E-state index contributed by atoms with van der Waals surface area (Å²) >= 11 is 0. The maximum atomic E-state index is 14.5. The molecule has 0 spiro atoms. The Morgan fingerprint density at radius 2 is 1.78 bits per heavy atom. The third-order valence-corrected chi connectivity index (χ3v) is 5.58. The van der Waals surface area contributed by atoms with Crippen LogP contribution < -0.4 is 5.32 Å². The van der Waals surface area contributed by atoms with E-state index in [9.17, 15) is 32.0 Å². The van der Waals surface area contributed by atoms with Gasteiger partial charge in [0.25, 0.3) is 5.91 Å². The Bertz CT molecular complexity index is 1390. The summed E-state index contributed by atoms with van der Waals surface area (Å²) in [7, 11) is 0. The van der Waals surface area contributed by atoms with E-state index in [2.05, 4.69) is 20.3 Å². The van der Waals surface area contributed by atoms with E-state index in [1.54, 1.807) is 6.92 Å². The van der Waals surface area contributed by atoms with Crippen molar-refractivity contribution in [1.82, 2.24) is 25.3 Å². The quantitative estimate of drug-likeness (QED) is 0.475. The fraction of sp³-hybridized carbons (Fsp3) is 0.200. The maximum absolute atomic E-state index is 14.5. The van der Waals surface area contributed by atoms with E-state index in [0.717, 1.165) is 18.3 Å². The molecular formula is C25H19F5N5O2-. The lowest BCUT2D eigenvalue weighted by Gasteiger charge is -2.38. The summed E-state index contributed by atoms with van der Waals surface area (Å²) in [6.45, 7) is 3.17. The molecule has 192 valence electrons. The van der Waals surface area contributed by atoms with Gasteiger partial charge in [0.05, 0.1) is 17.4 Å². The molecule has 1 aliphatic heterocycles. The van der Waals surface area contributed by atoms with Gasteiger partial charge in [-0.25, -0.2) is 23.7 Å². The SMILES string of the molecule is Cc1ncc(-c2cc(C(=O)N[C@H](C)C3=CN([O-])C(C(F)(F)F)C=C3)cc(-c3ccc(F)cc3F)n2)cn1. The normalized spacial score (nSPS) is 16.4. The zero-order valence-corrected chi connectivity index (χ0v) is 19.4. The second kappa shape index (κ2) is 10.1. The minimum atomic E-state index is -4.74. The highest BCUT2D eigenvalue weighted by Gasteiger charge is 2.39. The van der Waals surface area contributed by atoms with Crippen molar-refractivity contribution >= 4 is 5.91 Å². The molecular weight excluding hydrogens is 497 g/mol. The topological polar surface area (TPSA) is 94.1 Å². The summed E-state index contributed by atoms with van der Waals surface area (Å²) in [5.41, 5.74) is 0.809. The molecule has 1 aliphatic rings. The lowest BCUT2D eigenvalue weighted by atomic mass is 10.0. The van der Waals surface area contributed by atoms with Crippen LogP contribution in [-0.2, 0) is 0 Å². The van der Waals surface area contributed by atoms with E-state index in [4.69, 9.17) is 0 Å². The number of pyridine rings is 1. The zero-order chi connectivity index (χ0) is 26.9. The zero-order valence-electron chi connectivity index (χ0n) is 19.4. The number of nitrogens with one attached hydrogen (secondary N) is 1. The molecule has 7 nitrogen and oxygen atoms in total. The molecule has 3 heterocycles. The number of alkyl halides is 3. The molecule has 2 aromatic heterocycles. The first-order valence-electron chi connectivity index (χ1n) is 10.9. The summed E-state index contributed by atoms with van der Waals surface area (Å²) in [5, 5.41) is 14.3. The van der Waals surface area contributed by atoms with Gasteiger partial charge in [0.1, 0.15) is 23.5 Å². The minimum absolute atomic E-state index is 0.0312. The second-order valence-electron chi connectivity index (χ2n) is 8.30. The highest BCUT2D eigenvalue weighted by atomic mass is 19.4. The fourth-order valence-electron chi connectivity index (χ4n) is 3.60. The minimum Gasteiger partial charge on any atom is -0.758 e. The first-order valence-corrected chi connectivity index (χ1v) is 10.9. The van der Waals surface area contributed by atoms with Crippen LogP contribution in [0.5, 0.6) is 0 Å². The Morgan fingerprint density at radius 1 is 1.11 bits per heavy atom. The number of hydroxylamine groups is 2. The van der Waals surface area contributed by atoms with Crippen molar-refractivity contribution in [1.29, 1.82) is 0 Å². The standard InChI is InChI=1S/C25H19F5N5O2/c1-13(15-3-6-23(25(28,29)30)35(37)12-15)33-24(36)16-7-21(17-10-31-14(2)32-11-17)34-22(8-16)19-5-4-18(26)9-20(19)27/h3-13,23H,1-2H3,(H,33,36)/q-1/t13-,23?/m1/s1. The van der Waals surface area contributed by atoms with E-state index in [0.29, 0.717) is 23.5 Å². The first-order chi connectivity index (χ1) is 17.4. The van der Waals surface area contributed by atoms with Crippen LogP contribution in [0.4, 0.5) is 22.0 Å². The van der Waals surface area contributed by atoms with Crippen LogP contribution in [0, 0.1) is 23.8 Å². The molecule has 0 saturated carbocycles. The number of carbonyl (C=O) groups excluding carboxylic acids is 1. The van der Waals surface area contributed by atoms with Crippen LogP contribution in [0.15, 0.2) is 66.7 Å². The van der Waals surface area contributed by atoms with E-state index in [1.807, 2.05) is 0 Å². The van der Waals surface area contributed by atoms with Crippen molar-refractivity contribution in [2.24, 2.45) is 0 Å². The second-order valence-corrected chi connectivity index (χ2v) is 8.30. The number of benzene rings is 1. The predicted octanol–water partition coefficient (Wildman–Crippen LogP) is 5.09. The number of aryl methyl sites for hydroxylation is 1. The molecule has 2 atom stereocenters. The number of carbonyl (C=O) groups is 1. The average molecular weight is 516 g/mol. The van der Waals surface area contributed by atoms with E-state index >= 15 is 0 Å². The maximum Gasteiger partial charge on any atom is 0.411 e. The number of hydrogen-bond donors (Lipinski definition) is 1. The van der Waals surface area contributed by atoms with Gasteiger partial charge in [-0.1, -0.05) is 12.2 Å². The first kappa shape index (κ1) is 25.9. The number of rotatable bonds is 5. The average Bonchev–Trinajstić information content (AvgIpc) is 2.83. The molecule has 12 heteroatoms. The van der Waals surface area contributed by atoms with E-state index in [1.165, 1.54) is 37.5 Å². The van der Waals surface area contributed by atoms with Crippen LogP contribution in [0.1, 0.15) is 23.1 Å². The van der Waals surface area contributed by atoms with E-state index in [-0.39, 0.29) is 33.2 Å². The van der Waals surface area contributed by atoms with Gasteiger partial charge in [-0.05, 0) is 49.9 Å². The summed E-state index contributed by atoms with van der Waals surface area (Å²) in [5.74, 6) is -1.86. The molecule has 1 N–H and O–H groups in total. The molecule has 0 fully saturated rings. The summed E-state index contributed by atoms with van der Waals surface area (Å²) in [6, 6.07) is 2.46. The summed E-state index contributed by atoms with van der Waals surface area (Å²) in [4.78, 5) is 25.7. The monoisotopic (exact) mass is 516 g/mol. The highest BCUT2D eigenvalue weighted by molar-refractivity contribution is 5.96. The molecule has 0 saturated heterocycles. The molecule has 1 amide bonds. The van der Waals surface area contributed by atoms with Gasteiger partial charge in [0.15, 0.2) is 0 Å². The van der Waals surface area contributed by atoms with Crippen molar-refractivity contribution in [2.75, 3.05) is 0 Å². The Labute approximate surface area is 208 Å². The smallest absolute Gasteiger partial charge is 0.411 e. The molecule has 37 heavy (non-hydrogen) atoms. The van der Waals surface area contributed by atoms with Crippen LogP contribution in [0.25, 0.3) is 22.5 Å². The van der Waals surface area contributed by atoms with Crippen molar-refractivity contribution in [3.8, 4) is 22.5 Å². The molecule has 0 bridgehead atoms. The molecule has 1 aromatic carbocycles. The van der Waals surface area contributed by atoms with Crippen LogP contribution in [0.2, 0.25) is 0 Å². The van der Waals surface area contributed by atoms with Crippen LogP contribution >= 0.6 is 0 Å². The predicted molar refractivity (Wildman–Crippen MR) is 125 cm³/mol. The van der Waals surface area contributed by atoms with Gasteiger partial charge in [0, 0.05) is 35.2 Å². The van der Waals surface area contributed by atoms with Crippen LogP contribution in [-0.4, -0.2) is 44.2 Å². The number of nitrogens with zero attached hydrogens (tertiary/aromatic N) is 4. The van der Waals surface area contributed by atoms with Crippen molar-refractivity contribution < 1.29 is 26.7 Å².